The summed E-state index contributed by atoms with van der Waals surface area (Å²) < 4.78 is 33.3. The van der Waals surface area contributed by atoms with E-state index < -0.39 is 36.4 Å². The summed E-state index contributed by atoms with van der Waals surface area (Å²) in [5.74, 6) is -1.42. The van der Waals surface area contributed by atoms with Crippen LogP contribution in [0.15, 0.2) is 0 Å². The zero-order valence-electron chi connectivity index (χ0n) is 16.7. The van der Waals surface area contributed by atoms with Crippen molar-refractivity contribution >= 4 is 11.9 Å². The molecule has 156 valence electrons. The van der Waals surface area contributed by atoms with E-state index in [1.165, 1.54) is 0 Å². The molecule has 0 amide bonds. The maximum atomic E-state index is 12.0. The summed E-state index contributed by atoms with van der Waals surface area (Å²) in [5, 5.41) is 3.20. The Balaban J connectivity index is 2.03. The zero-order chi connectivity index (χ0) is 20.0. The fourth-order valence-corrected chi connectivity index (χ4v) is 3.39. The van der Waals surface area contributed by atoms with Crippen molar-refractivity contribution in [2.24, 2.45) is 0 Å². The molecule has 0 bridgehead atoms. The summed E-state index contributed by atoms with van der Waals surface area (Å²) in [6.45, 7) is 8.08. The van der Waals surface area contributed by atoms with E-state index in [9.17, 15) is 9.59 Å². The molecule has 2 fully saturated rings. The molecule has 2 rings (SSSR count). The Morgan fingerprint density at radius 2 is 1.78 bits per heavy atom. The first kappa shape index (κ1) is 22.0. The predicted molar refractivity (Wildman–Crippen MR) is 93.8 cm³/mol. The van der Waals surface area contributed by atoms with Gasteiger partial charge in [0.15, 0.2) is 12.1 Å². The summed E-state index contributed by atoms with van der Waals surface area (Å²) in [6, 6.07) is -0.427. The fraction of sp³-hybridized carbons (Fsp3) is 0.889. The van der Waals surface area contributed by atoms with E-state index in [2.05, 4.69) is 5.32 Å². The van der Waals surface area contributed by atoms with Gasteiger partial charge in [-0.3, -0.25) is 9.59 Å². The highest BCUT2D eigenvalue weighted by molar-refractivity contribution is 5.70. The van der Waals surface area contributed by atoms with Crippen molar-refractivity contribution < 1.29 is 38.0 Å². The van der Waals surface area contributed by atoms with E-state index in [4.69, 9.17) is 28.4 Å². The Kier molecular flexibility index (Phi) is 7.99. The van der Waals surface area contributed by atoms with Crippen LogP contribution >= 0.6 is 0 Å². The van der Waals surface area contributed by atoms with Crippen molar-refractivity contribution in [1.29, 1.82) is 0 Å². The van der Waals surface area contributed by atoms with Crippen LogP contribution in [0.5, 0.6) is 0 Å². The van der Waals surface area contributed by atoms with Crippen LogP contribution < -0.4 is 5.32 Å². The number of methoxy groups -OCH3 is 1. The average Bonchev–Trinajstić information content (AvgIpc) is 3.05. The SMILES string of the molecule is CCOC(=O)CCN[C@@H](CC(=O)OCC)[C@H]1O[C@@H]2OC(C)(C)O[C@@H]2[C@H]1OC. The van der Waals surface area contributed by atoms with Gasteiger partial charge >= 0.3 is 11.9 Å². The van der Waals surface area contributed by atoms with Gasteiger partial charge in [0.2, 0.25) is 0 Å². The van der Waals surface area contributed by atoms with Crippen molar-refractivity contribution in [2.75, 3.05) is 26.9 Å². The fourth-order valence-electron chi connectivity index (χ4n) is 3.39. The van der Waals surface area contributed by atoms with E-state index in [0.717, 1.165) is 0 Å². The number of nitrogens with one attached hydrogen (secondary N) is 1. The standard InChI is InChI=1S/C18H31NO8/c1-6-23-12(20)8-9-19-11(10-13(21)24-7-2)14-15(22-5)16-17(25-14)27-18(3,4)26-16/h11,14-17,19H,6-10H2,1-5H3/t11-,14+,15-,16+,17+/m0/s1. The van der Waals surface area contributed by atoms with Crippen molar-refractivity contribution in [2.45, 2.75) is 77.0 Å². The first-order valence-electron chi connectivity index (χ1n) is 9.39. The van der Waals surface area contributed by atoms with Gasteiger partial charge in [-0.2, -0.15) is 0 Å². The molecule has 0 aromatic rings. The molecule has 9 nitrogen and oxygen atoms in total. The summed E-state index contributed by atoms with van der Waals surface area (Å²) >= 11 is 0. The number of rotatable bonds is 10. The molecule has 2 aliphatic rings. The highest BCUT2D eigenvalue weighted by Gasteiger charge is 2.56. The number of esters is 2. The van der Waals surface area contributed by atoms with Gasteiger partial charge in [0.1, 0.15) is 18.3 Å². The topological polar surface area (TPSA) is 102 Å². The molecule has 27 heavy (non-hydrogen) atoms. The minimum Gasteiger partial charge on any atom is -0.466 e. The van der Waals surface area contributed by atoms with E-state index >= 15 is 0 Å². The molecular weight excluding hydrogens is 358 g/mol. The lowest BCUT2D eigenvalue weighted by atomic mass is 10.0. The second kappa shape index (κ2) is 9.79. The highest BCUT2D eigenvalue weighted by Crippen LogP contribution is 2.39. The van der Waals surface area contributed by atoms with E-state index in [0.29, 0.717) is 19.8 Å². The van der Waals surface area contributed by atoms with Gasteiger partial charge in [-0.1, -0.05) is 0 Å². The van der Waals surface area contributed by atoms with E-state index in [1.54, 1.807) is 21.0 Å². The maximum Gasteiger partial charge on any atom is 0.307 e. The molecule has 2 saturated heterocycles. The molecule has 0 unspecified atom stereocenters. The Bertz CT molecular complexity index is 512. The van der Waals surface area contributed by atoms with Gasteiger partial charge < -0.3 is 33.7 Å². The van der Waals surface area contributed by atoms with Gasteiger partial charge in [-0.25, -0.2) is 0 Å². The molecule has 0 aliphatic carbocycles. The predicted octanol–water partition coefficient (Wildman–Crippen LogP) is 0.742. The molecule has 9 heteroatoms. The molecule has 0 radical (unpaired) electrons. The Hall–Kier alpha value is -1.26. The number of ether oxygens (including phenoxy) is 6. The number of fused-ring (bicyclic) bond motifs is 1. The summed E-state index contributed by atoms with van der Waals surface area (Å²) in [7, 11) is 1.57. The van der Waals surface area contributed by atoms with E-state index in [1.807, 2.05) is 13.8 Å². The average molecular weight is 389 g/mol. The first-order valence-corrected chi connectivity index (χ1v) is 9.39. The molecule has 0 saturated carbocycles. The van der Waals surface area contributed by atoms with Crippen LogP contribution in [0.2, 0.25) is 0 Å². The lowest BCUT2D eigenvalue weighted by Gasteiger charge is -2.30. The third-order valence-corrected chi connectivity index (χ3v) is 4.43. The summed E-state index contributed by atoms with van der Waals surface area (Å²) in [6.07, 6.45) is -1.63. The molecule has 2 aliphatic heterocycles. The van der Waals surface area contributed by atoms with Crippen LogP contribution in [0.3, 0.4) is 0 Å². The normalized spacial score (nSPS) is 30.0. The molecule has 1 N–H and O–H groups in total. The van der Waals surface area contributed by atoms with Crippen molar-refractivity contribution in [3.63, 3.8) is 0 Å². The quantitative estimate of drug-likeness (QED) is 0.542. The van der Waals surface area contributed by atoms with Crippen LogP contribution in [0.1, 0.15) is 40.5 Å². The van der Waals surface area contributed by atoms with Crippen LogP contribution in [0.4, 0.5) is 0 Å². The molecular formula is C18H31NO8. The third kappa shape index (κ3) is 5.86. The van der Waals surface area contributed by atoms with Crippen molar-refractivity contribution in [3.05, 3.63) is 0 Å². The Labute approximate surface area is 159 Å². The molecule has 0 spiro atoms. The number of carbonyl (C=O) groups is 2. The Morgan fingerprint density at radius 1 is 1.11 bits per heavy atom. The second-order valence-electron chi connectivity index (χ2n) is 6.89. The highest BCUT2D eigenvalue weighted by atomic mass is 16.8. The molecule has 2 heterocycles. The van der Waals surface area contributed by atoms with Gasteiger partial charge in [0, 0.05) is 19.7 Å². The minimum atomic E-state index is -0.759. The van der Waals surface area contributed by atoms with Crippen LogP contribution in [0, 0.1) is 0 Å². The molecule has 0 aromatic heterocycles. The van der Waals surface area contributed by atoms with Crippen LogP contribution in [0.25, 0.3) is 0 Å². The number of carbonyl (C=O) groups excluding carboxylic acids is 2. The third-order valence-electron chi connectivity index (χ3n) is 4.43. The van der Waals surface area contributed by atoms with Crippen LogP contribution in [-0.2, 0) is 38.0 Å². The van der Waals surface area contributed by atoms with Gasteiger partial charge in [0.25, 0.3) is 0 Å². The van der Waals surface area contributed by atoms with Crippen molar-refractivity contribution in [1.82, 2.24) is 5.32 Å². The van der Waals surface area contributed by atoms with E-state index in [-0.39, 0.29) is 24.8 Å². The largest absolute Gasteiger partial charge is 0.466 e. The summed E-state index contributed by atoms with van der Waals surface area (Å²) in [4.78, 5) is 23.6. The second-order valence-corrected chi connectivity index (χ2v) is 6.89. The summed E-state index contributed by atoms with van der Waals surface area (Å²) in [5.41, 5.74) is 0. The van der Waals surface area contributed by atoms with Crippen LogP contribution in [-0.4, -0.2) is 75.2 Å². The molecule has 0 aromatic carbocycles. The monoisotopic (exact) mass is 389 g/mol. The van der Waals surface area contributed by atoms with Crippen molar-refractivity contribution in [3.8, 4) is 0 Å². The minimum absolute atomic E-state index is 0.0734. The van der Waals surface area contributed by atoms with Gasteiger partial charge in [-0.15, -0.1) is 0 Å². The van der Waals surface area contributed by atoms with Gasteiger partial charge in [-0.05, 0) is 27.7 Å². The smallest absolute Gasteiger partial charge is 0.307 e. The number of hydrogen-bond acceptors (Lipinski definition) is 9. The lowest BCUT2D eigenvalue weighted by molar-refractivity contribution is -0.220. The first-order chi connectivity index (χ1) is 12.8. The maximum absolute atomic E-state index is 12.0. The molecule has 5 atom stereocenters. The zero-order valence-corrected chi connectivity index (χ0v) is 16.7. The lowest BCUT2D eigenvalue weighted by Crippen LogP contribution is -2.50. The Morgan fingerprint density at radius 3 is 2.41 bits per heavy atom. The van der Waals surface area contributed by atoms with Gasteiger partial charge in [0.05, 0.1) is 26.1 Å². The number of hydrogen-bond donors (Lipinski definition) is 1.